The lowest BCUT2D eigenvalue weighted by atomic mass is 10.1. The number of hydrogen-bond donors (Lipinski definition) is 0. The van der Waals surface area contributed by atoms with Crippen LogP contribution in [0.5, 0.6) is 0 Å². The second-order valence-corrected chi connectivity index (χ2v) is 6.99. The van der Waals surface area contributed by atoms with E-state index in [1.807, 2.05) is 0 Å². The minimum absolute atomic E-state index is 0.0498. The van der Waals surface area contributed by atoms with Crippen molar-refractivity contribution in [3.05, 3.63) is 64.7 Å². The molecule has 0 saturated carbocycles. The van der Waals surface area contributed by atoms with Crippen molar-refractivity contribution in [2.75, 3.05) is 0 Å². The highest BCUT2D eigenvalue weighted by atomic mass is 32.2. The van der Waals surface area contributed by atoms with E-state index in [1.165, 1.54) is 24.3 Å². The van der Waals surface area contributed by atoms with Gasteiger partial charge in [0.05, 0.1) is 16.0 Å². The zero-order chi connectivity index (χ0) is 19.8. The SMILES string of the molecule is Cc1ccc(S(=O)(=O)/N=C/c2cc(C(F)(F)F)cc(C(F)(F)F)c2)cc1. The Morgan fingerprint density at radius 2 is 1.31 bits per heavy atom. The lowest BCUT2D eigenvalue weighted by Crippen LogP contribution is -2.11. The maximum absolute atomic E-state index is 12.8. The molecular formula is C16H11F6NO2S. The summed E-state index contributed by atoms with van der Waals surface area (Å²) >= 11 is 0. The van der Waals surface area contributed by atoms with E-state index < -0.39 is 39.1 Å². The van der Waals surface area contributed by atoms with Gasteiger partial charge in [-0.15, -0.1) is 0 Å². The van der Waals surface area contributed by atoms with Crippen molar-refractivity contribution < 1.29 is 34.8 Å². The van der Waals surface area contributed by atoms with Crippen LogP contribution in [0, 0.1) is 6.92 Å². The largest absolute Gasteiger partial charge is 0.416 e. The van der Waals surface area contributed by atoms with Crippen LogP contribution in [0.1, 0.15) is 22.3 Å². The zero-order valence-corrected chi connectivity index (χ0v) is 13.9. The maximum atomic E-state index is 12.8. The fourth-order valence-electron chi connectivity index (χ4n) is 1.95. The summed E-state index contributed by atoms with van der Waals surface area (Å²) in [6.45, 7) is 1.71. The Morgan fingerprint density at radius 3 is 1.73 bits per heavy atom. The molecule has 0 fully saturated rings. The van der Waals surface area contributed by atoms with E-state index in [0.717, 1.165) is 5.56 Å². The van der Waals surface area contributed by atoms with E-state index in [2.05, 4.69) is 4.40 Å². The summed E-state index contributed by atoms with van der Waals surface area (Å²) in [6.07, 6.45) is -9.60. The molecule has 0 saturated heterocycles. The molecule has 0 unspecified atom stereocenters. The van der Waals surface area contributed by atoms with Gasteiger partial charge < -0.3 is 0 Å². The number of aryl methyl sites for hydroxylation is 1. The Hall–Kier alpha value is -2.36. The lowest BCUT2D eigenvalue weighted by molar-refractivity contribution is -0.143. The van der Waals surface area contributed by atoms with Crippen molar-refractivity contribution in [3.8, 4) is 0 Å². The highest BCUT2D eigenvalue weighted by Gasteiger charge is 2.36. The van der Waals surface area contributed by atoms with Gasteiger partial charge in [0.25, 0.3) is 10.0 Å². The normalized spacial score (nSPS) is 13.3. The van der Waals surface area contributed by atoms with E-state index in [9.17, 15) is 34.8 Å². The quantitative estimate of drug-likeness (QED) is 0.552. The van der Waals surface area contributed by atoms with Crippen molar-refractivity contribution in [1.82, 2.24) is 0 Å². The highest BCUT2D eigenvalue weighted by Crippen LogP contribution is 2.36. The van der Waals surface area contributed by atoms with Crippen LogP contribution in [-0.2, 0) is 22.4 Å². The summed E-state index contributed by atoms with van der Waals surface area (Å²) in [4.78, 5) is -0.234. The predicted octanol–water partition coefficient (Wildman–Crippen LogP) is 4.84. The molecule has 0 aliphatic heterocycles. The molecule has 0 aliphatic carbocycles. The third-order valence-electron chi connectivity index (χ3n) is 3.27. The fourth-order valence-corrected chi connectivity index (χ4v) is 2.82. The average molecular weight is 395 g/mol. The molecule has 0 spiro atoms. The van der Waals surface area contributed by atoms with E-state index in [-0.39, 0.29) is 11.0 Å². The van der Waals surface area contributed by atoms with Gasteiger partial charge in [-0.05, 0) is 42.8 Å². The van der Waals surface area contributed by atoms with Crippen LogP contribution in [0.25, 0.3) is 0 Å². The first-order valence-electron chi connectivity index (χ1n) is 6.95. The third kappa shape index (κ3) is 4.84. The number of alkyl halides is 6. The number of rotatable bonds is 3. The van der Waals surface area contributed by atoms with Crippen LogP contribution in [0.15, 0.2) is 51.8 Å². The Balaban J connectivity index is 2.48. The molecule has 10 heteroatoms. The molecule has 0 aliphatic rings. The molecule has 140 valence electrons. The molecule has 26 heavy (non-hydrogen) atoms. The first-order valence-corrected chi connectivity index (χ1v) is 8.39. The Labute approximate surface area is 145 Å². The highest BCUT2D eigenvalue weighted by molar-refractivity contribution is 7.90. The summed E-state index contributed by atoms with van der Waals surface area (Å²) in [5, 5.41) is 0. The second-order valence-electron chi connectivity index (χ2n) is 5.36. The van der Waals surface area contributed by atoms with Gasteiger partial charge in [-0.2, -0.15) is 39.2 Å². The first-order chi connectivity index (χ1) is 11.8. The minimum atomic E-state index is -5.03. The second kappa shape index (κ2) is 6.75. The number of nitrogens with zero attached hydrogens (tertiary/aromatic N) is 1. The smallest absolute Gasteiger partial charge is 0.199 e. The van der Waals surface area contributed by atoms with E-state index >= 15 is 0 Å². The van der Waals surface area contributed by atoms with Crippen molar-refractivity contribution >= 4 is 16.2 Å². The van der Waals surface area contributed by atoms with E-state index in [4.69, 9.17) is 0 Å². The molecule has 2 aromatic carbocycles. The maximum Gasteiger partial charge on any atom is 0.416 e. The number of sulfonamides is 1. The van der Waals surface area contributed by atoms with E-state index in [0.29, 0.717) is 18.3 Å². The summed E-state index contributed by atoms with van der Waals surface area (Å²) in [7, 11) is -4.26. The molecule has 0 N–H and O–H groups in total. The topological polar surface area (TPSA) is 46.5 Å². The van der Waals surface area contributed by atoms with Crippen LogP contribution in [-0.4, -0.2) is 14.6 Å². The van der Waals surface area contributed by atoms with Gasteiger partial charge in [-0.25, -0.2) is 0 Å². The summed E-state index contributed by atoms with van der Waals surface area (Å²) < 4.78 is 104. The Kier molecular flexibility index (Phi) is 5.18. The van der Waals surface area contributed by atoms with Crippen LogP contribution in [0.3, 0.4) is 0 Å². The standard InChI is InChI=1S/C16H11F6NO2S/c1-10-2-4-14(5-3-10)26(24,25)23-9-11-6-12(15(17,18)19)8-13(7-11)16(20,21)22/h2-9H,1H3/b23-9+. The number of halogens is 6. The van der Waals surface area contributed by atoms with Crippen LogP contribution >= 0.6 is 0 Å². The van der Waals surface area contributed by atoms with Crippen molar-refractivity contribution in [2.24, 2.45) is 4.40 Å². The lowest BCUT2D eigenvalue weighted by Gasteiger charge is -2.12. The third-order valence-corrected chi connectivity index (χ3v) is 4.52. The number of hydrogen-bond acceptors (Lipinski definition) is 2. The molecule has 2 rings (SSSR count). The molecule has 3 nitrogen and oxygen atoms in total. The van der Waals surface area contributed by atoms with Crippen molar-refractivity contribution in [1.29, 1.82) is 0 Å². The zero-order valence-electron chi connectivity index (χ0n) is 13.1. The monoisotopic (exact) mass is 395 g/mol. The number of benzene rings is 2. The summed E-state index contributed by atoms with van der Waals surface area (Å²) in [6, 6.07) is 6.16. The van der Waals surface area contributed by atoms with Crippen molar-refractivity contribution in [3.63, 3.8) is 0 Å². The molecule has 0 radical (unpaired) electrons. The van der Waals surface area contributed by atoms with Crippen LogP contribution < -0.4 is 0 Å². The van der Waals surface area contributed by atoms with Gasteiger partial charge in [0.15, 0.2) is 0 Å². The van der Waals surface area contributed by atoms with Crippen molar-refractivity contribution in [2.45, 2.75) is 24.2 Å². The van der Waals surface area contributed by atoms with Gasteiger partial charge in [-0.3, -0.25) is 0 Å². The minimum Gasteiger partial charge on any atom is -0.199 e. The average Bonchev–Trinajstić information content (AvgIpc) is 2.51. The predicted molar refractivity (Wildman–Crippen MR) is 82.4 cm³/mol. The van der Waals surface area contributed by atoms with Gasteiger partial charge in [0.2, 0.25) is 0 Å². The molecule has 0 heterocycles. The fraction of sp³-hybridized carbons (Fsp3) is 0.188. The molecule has 2 aromatic rings. The molecular weight excluding hydrogens is 384 g/mol. The van der Waals surface area contributed by atoms with Crippen LogP contribution in [0.4, 0.5) is 26.3 Å². The Morgan fingerprint density at radius 1 is 0.846 bits per heavy atom. The molecule has 0 amide bonds. The van der Waals surface area contributed by atoms with E-state index in [1.54, 1.807) is 6.92 Å². The molecule has 0 aromatic heterocycles. The molecule has 0 bridgehead atoms. The van der Waals surface area contributed by atoms with Gasteiger partial charge in [0, 0.05) is 6.21 Å². The van der Waals surface area contributed by atoms with Gasteiger partial charge in [-0.1, -0.05) is 17.7 Å². The summed E-state index contributed by atoms with van der Waals surface area (Å²) in [5.41, 5.74) is -2.98. The molecule has 0 atom stereocenters. The van der Waals surface area contributed by atoms with Crippen LogP contribution in [0.2, 0.25) is 0 Å². The first kappa shape index (κ1) is 20.0. The Bertz CT molecular complexity index is 896. The van der Waals surface area contributed by atoms with Gasteiger partial charge in [0.1, 0.15) is 0 Å². The van der Waals surface area contributed by atoms with Gasteiger partial charge >= 0.3 is 12.4 Å². The summed E-state index contributed by atoms with van der Waals surface area (Å²) in [5.74, 6) is 0.